The fourth-order valence-electron chi connectivity index (χ4n) is 6.01. The van der Waals surface area contributed by atoms with E-state index in [9.17, 15) is 9.59 Å². The molecule has 0 saturated carbocycles. The minimum Gasteiger partial charge on any atom is -0.440 e. The maximum absolute atomic E-state index is 13.9. The minimum atomic E-state index is -0.732. The van der Waals surface area contributed by atoms with Gasteiger partial charge in [0.1, 0.15) is 28.4 Å². The third kappa shape index (κ3) is 6.86. The Bertz CT molecular complexity index is 2610. The standard InChI is InChI=1S/C42H28N4O6/c1-24-19-25(2)39(26(3)20-24)40(34-16-17-37(45-34)49-30-11-5-27(23-43)6-12-30)35-22-33(41(46-35)50-31-14-9-29(44-4)10-15-31)42(48)51-32-13-7-28-8-18-38(47)52-36(28)21-32/h5-22,46H,1-3H3/b40-34+. The van der Waals surface area contributed by atoms with Crippen LogP contribution >= 0.6 is 0 Å². The number of carbonyl (C=O) groups is 1. The lowest BCUT2D eigenvalue weighted by atomic mass is 9.90. The lowest BCUT2D eigenvalue weighted by Crippen LogP contribution is -2.09. The van der Waals surface area contributed by atoms with Gasteiger partial charge in [-0.2, -0.15) is 5.26 Å². The number of aliphatic imine (C=N–C) groups is 1. The third-order valence-corrected chi connectivity index (χ3v) is 8.27. The summed E-state index contributed by atoms with van der Waals surface area (Å²) in [6.07, 6.45) is 3.58. The summed E-state index contributed by atoms with van der Waals surface area (Å²) in [5.74, 6) is 0.777. The number of hydrogen-bond donors (Lipinski definition) is 1. The van der Waals surface area contributed by atoms with Crippen LogP contribution in [0.2, 0.25) is 0 Å². The van der Waals surface area contributed by atoms with E-state index in [0.717, 1.165) is 22.3 Å². The molecular formula is C42H28N4O6. The fourth-order valence-corrected chi connectivity index (χ4v) is 6.01. The number of nitrogens with zero attached hydrogens (tertiary/aromatic N) is 3. The zero-order chi connectivity index (χ0) is 36.4. The van der Waals surface area contributed by atoms with E-state index >= 15 is 0 Å². The van der Waals surface area contributed by atoms with Gasteiger partial charge in [-0.1, -0.05) is 29.8 Å². The second kappa shape index (κ2) is 13.8. The van der Waals surface area contributed by atoms with Crippen molar-refractivity contribution < 1.29 is 23.4 Å². The van der Waals surface area contributed by atoms with Crippen molar-refractivity contribution in [3.63, 3.8) is 0 Å². The molecule has 52 heavy (non-hydrogen) atoms. The van der Waals surface area contributed by atoms with E-state index in [1.807, 2.05) is 26.8 Å². The molecule has 1 N–H and O–H groups in total. The highest BCUT2D eigenvalue weighted by Gasteiger charge is 2.26. The van der Waals surface area contributed by atoms with Gasteiger partial charge in [-0.3, -0.25) is 0 Å². The van der Waals surface area contributed by atoms with E-state index in [4.69, 9.17) is 35.5 Å². The predicted molar refractivity (Wildman–Crippen MR) is 196 cm³/mol. The third-order valence-electron chi connectivity index (χ3n) is 8.27. The summed E-state index contributed by atoms with van der Waals surface area (Å²) >= 11 is 0. The van der Waals surface area contributed by atoms with Crippen molar-refractivity contribution in [3.05, 3.63) is 176 Å². The van der Waals surface area contributed by atoms with Crippen molar-refractivity contribution in [2.24, 2.45) is 4.99 Å². The number of rotatable bonds is 7. The van der Waals surface area contributed by atoms with Crippen LogP contribution in [0.25, 0.3) is 21.4 Å². The van der Waals surface area contributed by atoms with E-state index in [1.165, 1.54) is 12.1 Å². The average Bonchev–Trinajstić information content (AvgIpc) is 3.77. The Kier molecular flexibility index (Phi) is 8.80. The summed E-state index contributed by atoms with van der Waals surface area (Å²) in [7, 11) is 0. The summed E-state index contributed by atoms with van der Waals surface area (Å²) in [5, 5.41) is 9.84. The molecule has 7 rings (SSSR count). The number of ether oxygens (including phenoxy) is 3. The molecule has 0 atom stereocenters. The second-order valence-corrected chi connectivity index (χ2v) is 12.0. The first-order chi connectivity index (χ1) is 25.2. The van der Waals surface area contributed by atoms with Crippen LogP contribution in [0.15, 0.2) is 129 Å². The summed E-state index contributed by atoms with van der Waals surface area (Å²) in [6, 6.07) is 28.9. The number of hydrogen-bond acceptors (Lipinski definition) is 8. The van der Waals surface area contributed by atoms with E-state index in [-0.39, 0.29) is 22.8 Å². The van der Waals surface area contributed by atoms with Crippen molar-refractivity contribution in [1.82, 2.24) is 4.98 Å². The molecule has 2 aromatic heterocycles. The zero-order valence-electron chi connectivity index (χ0n) is 28.2. The average molecular weight is 685 g/mol. The normalized spacial score (nSPS) is 12.9. The quantitative estimate of drug-likeness (QED) is 0.0767. The molecule has 0 spiro atoms. The van der Waals surface area contributed by atoms with E-state index in [2.05, 4.69) is 28.0 Å². The van der Waals surface area contributed by atoms with Gasteiger partial charge in [0.05, 0.1) is 29.6 Å². The first-order valence-corrected chi connectivity index (χ1v) is 16.1. The summed E-state index contributed by atoms with van der Waals surface area (Å²) in [5.41, 5.74) is 6.50. The number of fused-ring (bicyclic) bond motifs is 1. The Hall–Kier alpha value is -7.43. The van der Waals surface area contributed by atoms with Gasteiger partial charge in [0, 0.05) is 29.2 Å². The van der Waals surface area contributed by atoms with Gasteiger partial charge in [0.15, 0.2) is 5.69 Å². The number of allylic oxidation sites excluding steroid dienone is 1. The van der Waals surface area contributed by atoms with Crippen LogP contribution in [0.5, 0.6) is 23.1 Å². The Morgan fingerprint density at radius 3 is 2.23 bits per heavy atom. The molecule has 1 aliphatic heterocycles. The van der Waals surface area contributed by atoms with Crippen LogP contribution in [0.3, 0.4) is 0 Å². The zero-order valence-corrected chi connectivity index (χ0v) is 28.2. The molecule has 0 aliphatic carbocycles. The number of H-pyrrole nitrogens is 1. The van der Waals surface area contributed by atoms with Gasteiger partial charge in [-0.05, 0) is 104 Å². The lowest BCUT2D eigenvalue weighted by Gasteiger charge is -2.16. The first kappa shape index (κ1) is 33.1. The SMILES string of the molecule is [C-]#[N+]c1ccc(Oc2[nH]c(/C(=C3/C=CC(Oc4ccc(C#N)cc4)=N3)c3c(C)cc(C)cc3C)cc2C(=O)Oc2ccc3ccc(=O)oc3c2)cc1. The topological polar surface area (TPSA) is 131 Å². The number of nitriles is 1. The van der Waals surface area contributed by atoms with Crippen molar-refractivity contribution in [2.45, 2.75) is 20.8 Å². The number of nitrogens with one attached hydrogen (secondary N) is 1. The van der Waals surface area contributed by atoms with Crippen LogP contribution in [0, 0.1) is 38.7 Å². The maximum Gasteiger partial charge on any atom is 0.349 e. The van der Waals surface area contributed by atoms with Gasteiger partial charge < -0.3 is 23.6 Å². The van der Waals surface area contributed by atoms with Crippen LogP contribution < -0.4 is 19.8 Å². The molecule has 3 heterocycles. The summed E-state index contributed by atoms with van der Waals surface area (Å²) in [6.45, 7) is 13.4. The number of aromatic amines is 1. The molecule has 4 aromatic carbocycles. The minimum absolute atomic E-state index is 0.0828. The molecule has 0 radical (unpaired) electrons. The number of aromatic nitrogens is 1. The Balaban J connectivity index is 1.34. The van der Waals surface area contributed by atoms with Gasteiger partial charge in [0.25, 0.3) is 0 Å². The summed E-state index contributed by atoms with van der Waals surface area (Å²) in [4.78, 5) is 37.4. The molecule has 0 amide bonds. The molecule has 1 aliphatic rings. The Morgan fingerprint density at radius 1 is 0.846 bits per heavy atom. The second-order valence-electron chi connectivity index (χ2n) is 12.0. The van der Waals surface area contributed by atoms with Gasteiger partial charge in [0.2, 0.25) is 11.8 Å². The van der Waals surface area contributed by atoms with E-state index < -0.39 is 11.6 Å². The highest BCUT2D eigenvalue weighted by molar-refractivity contribution is 6.00. The van der Waals surface area contributed by atoms with Crippen molar-refractivity contribution in [1.29, 1.82) is 5.26 Å². The molecule has 0 fully saturated rings. The number of benzene rings is 4. The van der Waals surface area contributed by atoms with Crippen LogP contribution in [0.4, 0.5) is 5.69 Å². The van der Waals surface area contributed by atoms with Crippen molar-refractivity contribution >= 4 is 34.1 Å². The number of aryl methyl sites for hydroxylation is 3. The molecule has 252 valence electrons. The Morgan fingerprint density at radius 2 is 1.52 bits per heavy atom. The van der Waals surface area contributed by atoms with Crippen molar-refractivity contribution in [3.8, 4) is 29.2 Å². The molecule has 0 saturated heterocycles. The van der Waals surface area contributed by atoms with E-state index in [1.54, 1.807) is 78.9 Å². The van der Waals surface area contributed by atoms with Crippen LogP contribution in [-0.4, -0.2) is 16.9 Å². The van der Waals surface area contributed by atoms with Crippen molar-refractivity contribution in [2.75, 3.05) is 0 Å². The van der Waals surface area contributed by atoms with Gasteiger partial charge in [-0.15, -0.1) is 0 Å². The molecule has 10 nitrogen and oxygen atoms in total. The number of carbonyl (C=O) groups excluding carboxylic acids is 1. The van der Waals surface area contributed by atoms with Crippen LogP contribution in [-0.2, 0) is 0 Å². The Labute approximate surface area is 298 Å². The maximum atomic E-state index is 13.9. The molecule has 6 aromatic rings. The van der Waals surface area contributed by atoms with Crippen LogP contribution in [0.1, 0.15) is 43.9 Å². The smallest absolute Gasteiger partial charge is 0.349 e. The highest BCUT2D eigenvalue weighted by Crippen LogP contribution is 2.38. The lowest BCUT2D eigenvalue weighted by molar-refractivity contribution is 0.0732. The largest absolute Gasteiger partial charge is 0.440 e. The first-order valence-electron chi connectivity index (χ1n) is 16.1. The molecule has 0 bridgehead atoms. The molecule has 0 unspecified atom stereocenters. The van der Waals surface area contributed by atoms with Gasteiger partial charge in [-0.25, -0.2) is 19.4 Å². The fraction of sp³-hybridized carbons (Fsp3) is 0.0714. The van der Waals surface area contributed by atoms with E-state index in [0.29, 0.717) is 51.0 Å². The predicted octanol–water partition coefficient (Wildman–Crippen LogP) is 9.29. The summed E-state index contributed by atoms with van der Waals surface area (Å²) < 4.78 is 23.4. The van der Waals surface area contributed by atoms with Gasteiger partial charge >= 0.3 is 11.6 Å². The molecular weight excluding hydrogens is 656 g/mol. The number of esters is 1. The molecule has 10 heteroatoms. The monoisotopic (exact) mass is 684 g/mol. The highest BCUT2D eigenvalue weighted by atomic mass is 16.5.